The molecule has 0 aliphatic rings. The number of hydrogen-bond donors (Lipinski definition) is 1. The van der Waals surface area contributed by atoms with Gasteiger partial charge in [-0.15, -0.1) is 0 Å². The molecular formula is C12H8BrN5O3. The van der Waals surface area contributed by atoms with Gasteiger partial charge in [0.05, 0.1) is 22.2 Å². The van der Waals surface area contributed by atoms with Crippen LogP contribution in [0, 0.1) is 10.1 Å². The summed E-state index contributed by atoms with van der Waals surface area (Å²) in [6.45, 7) is 0.131. The van der Waals surface area contributed by atoms with E-state index in [1.807, 2.05) is 0 Å². The van der Waals surface area contributed by atoms with Crippen molar-refractivity contribution in [2.24, 2.45) is 0 Å². The molecule has 0 aliphatic heterocycles. The summed E-state index contributed by atoms with van der Waals surface area (Å²) in [5, 5.41) is 15.1. The van der Waals surface area contributed by atoms with E-state index in [1.165, 1.54) is 10.9 Å². The highest BCUT2D eigenvalue weighted by atomic mass is 79.9. The molecule has 1 N–H and O–H groups in total. The average molecular weight is 350 g/mol. The number of benzene rings is 1. The maximum Gasteiger partial charge on any atom is 0.404 e. The minimum absolute atomic E-state index is 0.131. The minimum Gasteiger partial charge on any atom is -0.358 e. The fourth-order valence-electron chi connectivity index (χ4n) is 1.95. The first kappa shape index (κ1) is 13.4. The number of hydrogen-bond acceptors (Lipinski definition) is 5. The number of nitrogens with one attached hydrogen (secondary N) is 1. The molecule has 1 aromatic carbocycles. The van der Waals surface area contributed by atoms with Crippen molar-refractivity contribution >= 4 is 32.7 Å². The first-order valence-corrected chi connectivity index (χ1v) is 6.69. The lowest BCUT2D eigenvalue weighted by molar-refractivity contribution is -0.390. The van der Waals surface area contributed by atoms with Gasteiger partial charge in [-0.25, -0.2) is 4.98 Å². The van der Waals surface area contributed by atoms with E-state index in [1.54, 1.807) is 24.3 Å². The third-order valence-electron chi connectivity index (χ3n) is 2.85. The number of halogens is 1. The predicted octanol–water partition coefficient (Wildman–Crippen LogP) is 1.84. The first-order chi connectivity index (χ1) is 10.0. The number of rotatable bonds is 3. The second-order valence-electron chi connectivity index (χ2n) is 4.29. The van der Waals surface area contributed by atoms with Crippen LogP contribution in [0.1, 0.15) is 5.82 Å². The summed E-state index contributed by atoms with van der Waals surface area (Å²) in [6.07, 6.45) is 1.47. The molecule has 21 heavy (non-hydrogen) atoms. The van der Waals surface area contributed by atoms with Crippen LogP contribution in [0.4, 0.5) is 5.82 Å². The van der Waals surface area contributed by atoms with Crippen molar-refractivity contribution in [2.75, 3.05) is 0 Å². The van der Waals surface area contributed by atoms with Gasteiger partial charge in [-0.2, -0.15) is 4.68 Å². The van der Waals surface area contributed by atoms with E-state index in [4.69, 9.17) is 0 Å². The summed E-state index contributed by atoms with van der Waals surface area (Å²) < 4.78 is 1.62. The Morgan fingerprint density at radius 3 is 2.86 bits per heavy atom. The van der Waals surface area contributed by atoms with Gasteiger partial charge in [0.1, 0.15) is 16.8 Å². The van der Waals surface area contributed by atoms with Crippen molar-refractivity contribution in [1.29, 1.82) is 0 Å². The zero-order valence-corrected chi connectivity index (χ0v) is 12.1. The van der Waals surface area contributed by atoms with Crippen molar-refractivity contribution < 1.29 is 4.92 Å². The summed E-state index contributed by atoms with van der Waals surface area (Å²) in [7, 11) is 0. The van der Waals surface area contributed by atoms with E-state index in [0.29, 0.717) is 16.7 Å². The lowest BCUT2D eigenvalue weighted by atomic mass is 10.2. The largest absolute Gasteiger partial charge is 0.404 e. The molecule has 2 heterocycles. The molecule has 106 valence electrons. The molecule has 3 aromatic rings. The van der Waals surface area contributed by atoms with Gasteiger partial charge in [0.2, 0.25) is 0 Å². The van der Waals surface area contributed by atoms with Crippen LogP contribution in [0.2, 0.25) is 0 Å². The van der Waals surface area contributed by atoms with Gasteiger partial charge in [-0.1, -0.05) is 12.1 Å². The van der Waals surface area contributed by atoms with Crippen molar-refractivity contribution in [3.8, 4) is 0 Å². The summed E-state index contributed by atoms with van der Waals surface area (Å²) in [5.41, 5.74) is 0.313. The highest BCUT2D eigenvalue weighted by Crippen LogP contribution is 2.22. The number of nitro groups is 1. The van der Waals surface area contributed by atoms with Gasteiger partial charge in [-0.3, -0.25) is 4.79 Å². The Bertz CT molecular complexity index is 901. The van der Waals surface area contributed by atoms with Crippen molar-refractivity contribution in [3.63, 3.8) is 0 Å². The van der Waals surface area contributed by atoms with E-state index in [9.17, 15) is 14.9 Å². The maximum atomic E-state index is 11.9. The van der Waals surface area contributed by atoms with Crippen LogP contribution in [0.25, 0.3) is 10.9 Å². The molecule has 0 spiro atoms. The smallest absolute Gasteiger partial charge is 0.358 e. The standard InChI is InChI=1S/C12H8BrN5O3/c13-8-5-17(16-11(8)18(20)21)6-10-14-9-4-2-1-3-7(9)12(19)15-10/h1-5H,6H2,(H,14,15,19). The Morgan fingerprint density at radius 1 is 1.38 bits per heavy atom. The van der Waals surface area contributed by atoms with Gasteiger partial charge < -0.3 is 15.1 Å². The van der Waals surface area contributed by atoms with Crippen molar-refractivity contribution in [2.45, 2.75) is 6.54 Å². The molecule has 0 bridgehead atoms. The van der Waals surface area contributed by atoms with Crippen LogP contribution in [0.15, 0.2) is 39.7 Å². The van der Waals surface area contributed by atoms with Crippen molar-refractivity contribution in [1.82, 2.24) is 19.7 Å². The number of para-hydroxylation sites is 1. The number of fused-ring (bicyclic) bond motifs is 1. The highest BCUT2D eigenvalue weighted by Gasteiger charge is 2.19. The Labute approximate surface area is 125 Å². The molecule has 0 unspecified atom stereocenters. The topological polar surface area (TPSA) is 107 Å². The molecule has 0 atom stereocenters. The molecular weight excluding hydrogens is 342 g/mol. The Morgan fingerprint density at radius 2 is 2.14 bits per heavy atom. The van der Waals surface area contributed by atoms with Crippen LogP contribution >= 0.6 is 15.9 Å². The van der Waals surface area contributed by atoms with Gasteiger partial charge in [-0.05, 0) is 33.0 Å². The summed E-state index contributed by atoms with van der Waals surface area (Å²) in [5.74, 6) is 0.0988. The molecule has 2 aromatic heterocycles. The maximum absolute atomic E-state index is 11.9. The van der Waals surface area contributed by atoms with E-state index < -0.39 is 4.92 Å². The average Bonchev–Trinajstić information content (AvgIpc) is 2.80. The molecule has 0 saturated heterocycles. The van der Waals surface area contributed by atoms with E-state index in [0.717, 1.165) is 0 Å². The molecule has 0 saturated carbocycles. The fraction of sp³-hybridized carbons (Fsp3) is 0.0833. The van der Waals surface area contributed by atoms with Gasteiger partial charge >= 0.3 is 5.82 Å². The molecule has 9 heteroatoms. The summed E-state index contributed by atoms with van der Waals surface area (Å²) >= 11 is 3.07. The zero-order chi connectivity index (χ0) is 15.0. The normalized spacial score (nSPS) is 10.9. The molecule has 3 rings (SSSR count). The van der Waals surface area contributed by atoms with Crippen LogP contribution in [-0.2, 0) is 6.54 Å². The zero-order valence-electron chi connectivity index (χ0n) is 10.5. The van der Waals surface area contributed by atoms with E-state index >= 15 is 0 Å². The molecule has 0 amide bonds. The third kappa shape index (κ3) is 2.55. The van der Waals surface area contributed by atoms with Crippen LogP contribution in [-0.4, -0.2) is 24.7 Å². The SMILES string of the molecule is O=c1[nH]c(Cn2cc(Br)c([N+](=O)[O-])n2)nc2ccccc12. The Balaban J connectivity index is 2.00. The van der Waals surface area contributed by atoms with Crippen LogP contribution in [0.5, 0.6) is 0 Å². The summed E-state index contributed by atoms with van der Waals surface area (Å²) in [6, 6.07) is 6.95. The second kappa shape index (κ2) is 5.09. The lowest BCUT2D eigenvalue weighted by Crippen LogP contribution is -2.14. The number of aromatic amines is 1. The van der Waals surface area contributed by atoms with Crippen molar-refractivity contribution in [3.05, 3.63) is 61.2 Å². The second-order valence-corrected chi connectivity index (χ2v) is 5.14. The van der Waals surface area contributed by atoms with E-state index in [2.05, 4.69) is 31.0 Å². The molecule has 0 fully saturated rings. The van der Waals surface area contributed by atoms with Crippen LogP contribution in [0.3, 0.4) is 0 Å². The lowest BCUT2D eigenvalue weighted by Gasteiger charge is -2.00. The monoisotopic (exact) mass is 349 g/mol. The number of nitrogens with zero attached hydrogens (tertiary/aromatic N) is 4. The van der Waals surface area contributed by atoms with Crippen LogP contribution < -0.4 is 5.56 Å². The van der Waals surface area contributed by atoms with Gasteiger partial charge in [0.25, 0.3) is 5.56 Å². The molecule has 0 aliphatic carbocycles. The summed E-state index contributed by atoms with van der Waals surface area (Å²) in [4.78, 5) is 29.0. The first-order valence-electron chi connectivity index (χ1n) is 5.90. The number of aromatic nitrogens is 4. The number of H-pyrrole nitrogens is 1. The minimum atomic E-state index is -0.586. The fourth-order valence-corrected chi connectivity index (χ4v) is 2.42. The third-order valence-corrected chi connectivity index (χ3v) is 3.41. The predicted molar refractivity (Wildman–Crippen MR) is 78.0 cm³/mol. The Kier molecular flexibility index (Phi) is 3.26. The van der Waals surface area contributed by atoms with Gasteiger partial charge in [0, 0.05) is 0 Å². The molecule has 0 radical (unpaired) electrons. The van der Waals surface area contributed by atoms with E-state index in [-0.39, 0.29) is 22.4 Å². The quantitative estimate of drug-likeness (QED) is 0.573. The molecule has 8 nitrogen and oxygen atoms in total. The highest BCUT2D eigenvalue weighted by molar-refractivity contribution is 9.10. The van der Waals surface area contributed by atoms with Gasteiger partial charge in [0.15, 0.2) is 0 Å². The Hall–Kier alpha value is -2.55.